The Balaban J connectivity index is 0.918. The van der Waals surface area contributed by atoms with Crippen molar-refractivity contribution in [3.63, 3.8) is 0 Å². The van der Waals surface area contributed by atoms with Gasteiger partial charge in [-0.25, -0.2) is 4.79 Å². The number of aliphatic hydroxyl groups excluding tert-OH is 5. The molecule has 0 aromatic heterocycles. The minimum atomic E-state index is -1.65. The third-order valence-corrected chi connectivity index (χ3v) is 21.7. The molecule has 500 valence electrons. The van der Waals surface area contributed by atoms with Gasteiger partial charge in [0.25, 0.3) is 0 Å². The Morgan fingerprint density at radius 3 is 1.93 bits per heavy atom. The number of carbonyl (C=O) groups is 3. The fourth-order valence-electron chi connectivity index (χ4n) is 17.3. The highest BCUT2D eigenvalue weighted by molar-refractivity contribution is 6.26. The van der Waals surface area contributed by atoms with E-state index in [0.717, 1.165) is 24.0 Å². The van der Waals surface area contributed by atoms with E-state index in [1.54, 1.807) is 27.7 Å². The third kappa shape index (κ3) is 13.6. The number of fused-ring (bicyclic) bond motifs is 4. The number of esters is 1. The van der Waals surface area contributed by atoms with E-state index in [-0.39, 0.29) is 78.9 Å². The number of ether oxygens (including phenoxy) is 11. The Bertz CT molecular complexity index is 2690. The summed E-state index contributed by atoms with van der Waals surface area (Å²) in [6.07, 6.45) is 1.51. The van der Waals surface area contributed by atoms with Crippen LogP contribution in [0.4, 0.5) is 0 Å². The molecule has 0 radical (unpaired) electrons. The molecule has 1 saturated carbocycles. The van der Waals surface area contributed by atoms with Crippen LogP contribution in [0, 0.1) is 52.8 Å². The summed E-state index contributed by atoms with van der Waals surface area (Å²) in [5, 5.41) is 71.5. The van der Waals surface area contributed by atoms with Crippen LogP contribution in [0.2, 0.25) is 0 Å². The van der Waals surface area contributed by atoms with Gasteiger partial charge in [0.1, 0.15) is 29.6 Å². The van der Waals surface area contributed by atoms with Crippen molar-refractivity contribution in [3.05, 3.63) is 58.9 Å². The molecule has 10 aliphatic rings. The molecule has 7 fully saturated rings. The number of ketones is 1. The molecular formula is C68H103NO20. The number of allylic oxidation sites excluding steroid dienone is 4. The summed E-state index contributed by atoms with van der Waals surface area (Å²) in [5.74, 6) is -4.57. The van der Waals surface area contributed by atoms with Crippen molar-refractivity contribution in [2.24, 2.45) is 52.8 Å². The number of nitrogens with one attached hydrogen (secondary N) is 1. The summed E-state index contributed by atoms with van der Waals surface area (Å²) in [6.45, 7) is 26.3. The molecule has 21 nitrogen and oxygen atoms in total. The molecule has 2 bridgehead atoms. The van der Waals surface area contributed by atoms with Gasteiger partial charge in [-0.05, 0) is 104 Å². The van der Waals surface area contributed by atoms with Crippen molar-refractivity contribution >= 4 is 17.7 Å². The molecule has 6 aliphatic heterocycles. The summed E-state index contributed by atoms with van der Waals surface area (Å²) in [7, 11) is 0. The van der Waals surface area contributed by atoms with Gasteiger partial charge in [0.2, 0.25) is 11.7 Å². The maximum Gasteiger partial charge on any atom is 0.346 e. The first-order valence-corrected chi connectivity index (χ1v) is 33.2. The van der Waals surface area contributed by atoms with Crippen molar-refractivity contribution in [1.29, 1.82) is 0 Å². The van der Waals surface area contributed by atoms with Crippen LogP contribution in [-0.2, 0) is 66.5 Å². The molecule has 0 aromatic rings. The second kappa shape index (κ2) is 27.1. The number of hydrogen-bond acceptors (Lipinski definition) is 20. The molecule has 6 heterocycles. The molecular weight excluding hydrogens is 1150 g/mol. The molecule has 0 unspecified atom stereocenters. The van der Waals surface area contributed by atoms with Crippen LogP contribution in [0.3, 0.4) is 0 Å². The Morgan fingerprint density at radius 1 is 0.652 bits per heavy atom. The molecule has 89 heavy (non-hydrogen) atoms. The van der Waals surface area contributed by atoms with E-state index in [1.807, 2.05) is 46.8 Å². The van der Waals surface area contributed by atoms with Crippen molar-refractivity contribution in [1.82, 2.24) is 5.32 Å². The van der Waals surface area contributed by atoms with E-state index in [4.69, 9.17) is 52.1 Å². The van der Waals surface area contributed by atoms with E-state index in [9.17, 15) is 40.2 Å². The van der Waals surface area contributed by atoms with E-state index >= 15 is 4.79 Å². The van der Waals surface area contributed by atoms with Crippen molar-refractivity contribution in [3.8, 4) is 0 Å². The zero-order valence-electron chi connectivity index (χ0n) is 54.6. The maximum absolute atomic E-state index is 15.7. The lowest BCUT2D eigenvalue weighted by molar-refractivity contribution is -0.352. The normalized spacial score (nSPS) is 50.8. The van der Waals surface area contributed by atoms with Gasteiger partial charge in [0.15, 0.2) is 37.1 Å². The number of hydrogen-bond donors (Lipinski definition) is 7. The predicted molar refractivity (Wildman–Crippen MR) is 322 cm³/mol. The van der Waals surface area contributed by atoms with E-state index in [0.29, 0.717) is 19.3 Å². The Morgan fingerprint density at radius 2 is 1.28 bits per heavy atom. The van der Waals surface area contributed by atoms with E-state index in [2.05, 4.69) is 57.3 Å². The van der Waals surface area contributed by atoms with Gasteiger partial charge in [-0.3, -0.25) is 9.59 Å². The zero-order valence-corrected chi connectivity index (χ0v) is 54.6. The Kier molecular flexibility index (Phi) is 20.8. The fourth-order valence-corrected chi connectivity index (χ4v) is 17.3. The standard InChI is InChI=1S/C68H103NO20/c1-15-16-42-17-18-43-25-35(6)58(88-54-30-66(13,78)62(40(11)83-54)69-41(12)70)33(4)23-31(2)45-20-19-44-56(67(45,14)63(75)55-64(76)68(43,29-42)89-65(55)77)32(3)24-34(5)59(44)85-52-27-48(73)60(38(9)81-52)86-53-28-49(84-50-22-21-46(71)36(7)79-50)61(39(10)82-53)87-51-26-47(72)57(74)37(8)80-51/h17-20,23,25,32-34,36-40,42-54,56-62,71-75,78H,15-16,21-22,24,26-30H2,1-14H3,(H,69,70)/b31-23-,35-25+,63-55?/t32-,33-,34-,36+,37-,38+,39-,40-,42-,43+,44-,45+,46-,47-,48-,49-,50+,51+,52+,53-,54-,56-,57+,58-,59-,60+,61+,62-,66+,67+,68+/m1/s1. The molecule has 1 spiro atoms. The van der Waals surface area contributed by atoms with Gasteiger partial charge < -0.3 is 88.1 Å². The van der Waals surface area contributed by atoms with Gasteiger partial charge in [-0.15, -0.1) is 0 Å². The summed E-state index contributed by atoms with van der Waals surface area (Å²) in [6, 6.07) is -0.685. The van der Waals surface area contributed by atoms with Gasteiger partial charge >= 0.3 is 5.97 Å². The summed E-state index contributed by atoms with van der Waals surface area (Å²) >= 11 is 0. The van der Waals surface area contributed by atoms with Crippen LogP contribution in [0.25, 0.3) is 0 Å². The smallest absolute Gasteiger partial charge is 0.346 e. The number of rotatable bonds is 13. The predicted octanol–water partition coefficient (Wildman–Crippen LogP) is 6.99. The van der Waals surface area contributed by atoms with Crippen LogP contribution < -0.4 is 5.32 Å². The highest BCUT2D eigenvalue weighted by atomic mass is 16.8. The van der Waals surface area contributed by atoms with Gasteiger partial charge in [0.05, 0.1) is 78.8 Å². The highest BCUT2D eigenvalue weighted by Crippen LogP contribution is 2.61. The quantitative estimate of drug-likeness (QED) is 0.0556. The molecule has 31 atom stereocenters. The molecule has 4 aliphatic carbocycles. The summed E-state index contributed by atoms with van der Waals surface area (Å²) in [4.78, 5) is 42.8. The molecule has 0 aromatic carbocycles. The Labute approximate surface area is 525 Å². The lowest BCUT2D eigenvalue weighted by atomic mass is 9.49. The molecule has 1 amide bonds. The molecule has 6 saturated heterocycles. The molecule has 7 N–H and O–H groups in total. The minimum Gasteiger partial charge on any atom is -0.511 e. The average Bonchev–Trinajstić information content (AvgIpc) is 1.70. The third-order valence-electron chi connectivity index (χ3n) is 21.7. The van der Waals surface area contributed by atoms with Gasteiger partial charge in [-0.1, -0.05) is 83.1 Å². The van der Waals surface area contributed by atoms with Crippen LogP contribution in [0.15, 0.2) is 58.9 Å². The second-order valence-corrected chi connectivity index (χ2v) is 28.7. The first-order chi connectivity index (χ1) is 41.9. The topological polar surface area (TPSA) is 286 Å². The monoisotopic (exact) mass is 1250 g/mol. The van der Waals surface area contributed by atoms with Crippen LogP contribution in [0.1, 0.15) is 161 Å². The number of amides is 1. The maximum atomic E-state index is 15.7. The van der Waals surface area contributed by atoms with Crippen molar-refractivity contribution in [2.45, 2.75) is 295 Å². The molecule has 10 rings (SSSR count). The first-order valence-electron chi connectivity index (χ1n) is 33.2. The lowest BCUT2D eigenvalue weighted by Crippen LogP contribution is -2.62. The van der Waals surface area contributed by atoms with E-state index in [1.165, 1.54) is 6.92 Å². The first kappa shape index (κ1) is 68.4. The lowest BCUT2D eigenvalue weighted by Gasteiger charge is -2.57. The summed E-state index contributed by atoms with van der Waals surface area (Å²) < 4.78 is 71.9. The number of carbonyl (C=O) groups excluding carboxylic acids is 3. The van der Waals surface area contributed by atoms with Gasteiger partial charge in [-0.2, -0.15) is 0 Å². The second-order valence-electron chi connectivity index (χ2n) is 28.7. The van der Waals surface area contributed by atoms with Crippen molar-refractivity contribution < 1.29 is 97.1 Å². The number of aliphatic hydroxyl groups is 6. The van der Waals surface area contributed by atoms with Crippen molar-refractivity contribution in [2.75, 3.05) is 0 Å². The molecule has 21 heteroatoms. The van der Waals surface area contributed by atoms with Crippen LogP contribution in [-0.4, -0.2) is 182 Å². The Hall–Kier alpha value is -3.49. The highest BCUT2D eigenvalue weighted by Gasteiger charge is 2.64. The fraction of sp³-hybridized carbons (Fsp3) is 0.809. The minimum absolute atomic E-state index is 0.0322. The average molecular weight is 1250 g/mol. The van der Waals surface area contributed by atoms with Crippen LogP contribution >= 0.6 is 0 Å². The van der Waals surface area contributed by atoms with Crippen LogP contribution in [0.5, 0.6) is 0 Å². The van der Waals surface area contributed by atoms with Gasteiger partial charge in [0, 0.05) is 74.5 Å². The largest absolute Gasteiger partial charge is 0.511 e. The van der Waals surface area contributed by atoms with E-state index < -0.39 is 169 Å². The zero-order chi connectivity index (χ0) is 64.5. The number of Topliss-reactive ketones (excluding diaryl/α,β-unsaturated/α-hetero) is 1. The summed E-state index contributed by atoms with van der Waals surface area (Å²) in [5.41, 5.74) is -3.01. The SMILES string of the molecule is CCC[C@@H]1C=C[C@H]2/C=C(\C)[C@H](O[C@@H]3C[C@](C)(O)[C@H](NC(C)=O)[C@@H](C)O3)[C@H](C)/C=C(/C)[C@@H]3C=C[C@H]4[C@H](O[C@H]5C[C@@H](O)[C@@H](O[C@@H]6C[C@@H](O[C@H]7CC[C@@H](O)[C@H](C)O7)[C@@H](O[C@H]7C[C@@H](O)[C@@H](O)[C@@H](C)O7)[C@@H](C)O6)[C@H](C)O5)[C@H](C)C[C@@H](C)[C@H]4[C@@]3(C)C(O)=C3C(=O)O[C@]2(C1)C3=O.